The molecule has 0 atom stereocenters. The number of hydrogen-bond donors (Lipinski definition) is 1. The number of nitrogens with two attached hydrogens (primary N) is 1. The average Bonchev–Trinajstić information content (AvgIpc) is 2.48. The molecule has 0 fully saturated rings. The molecule has 2 N–H and O–H groups in total. The minimum absolute atomic E-state index is 0.165. The van der Waals surface area contributed by atoms with Crippen molar-refractivity contribution in [3.63, 3.8) is 0 Å². The maximum atomic E-state index is 5.81. The van der Waals surface area contributed by atoms with Crippen molar-refractivity contribution in [3.05, 3.63) is 60.2 Å². The monoisotopic (exact) mass is 282 g/mol. The van der Waals surface area contributed by atoms with Gasteiger partial charge in [0.15, 0.2) is 0 Å². The molecule has 2 aromatic rings. The Bertz CT molecular complexity index is 544. The Labute approximate surface area is 128 Å². The standard InChI is InChI=1S/C19H26N2/c1-19(2,14-20)15-21(3)13-16-9-11-18(12-10-16)17-7-5-4-6-8-17/h4-12H,13-15,20H2,1-3H3. The van der Waals surface area contributed by atoms with E-state index in [2.05, 4.69) is 74.3 Å². The SMILES string of the molecule is CN(Cc1ccc(-c2ccccc2)cc1)CC(C)(C)CN. The topological polar surface area (TPSA) is 29.3 Å². The van der Waals surface area contributed by atoms with E-state index in [1.807, 2.05) is 6.07 Å². The zero-order chi connectivity index (χ0) is 15.3. The van der Waals surface area contributed by atoms with Gasteiger partial charge in [-0.25, -0.2) is 0 Å². The van der Waals surface area contributed by atoms with Gasteiger partial charge >= 0.3 is 0 Å². The lowest BCUT2D eigenvalue weighted by molar-refractivity contribution is 0.210. The van der Waals surface area contributed by atoms with E-state index in [4.69, 9.17) is 5.73 Å². The van der Waals surface area contributed by atoms with E-state index >= 15 is 0 Å². The molecule has 2 heteroatoms. The van der Waals surface area contributed by atoms with Crippen molar-refractivity contribution in [2.45, 2.75) is 20.4 Å². The minimum Gasteiger partial charge on any atom is -0.330 e. The summed E-state index contributed by atoms with van der Waals surface area (Å²) in [7, 11) is 2.16. The normalized spacial score (nSPS) is 11.9. The molecule has 2 nitrogen and oxygen atoms in total. The van der Waals surface area contributed by atoms with Crippen LogP contribution in [0.25, 0.3) is 11.1 Å². The second kappa shape index (κ2) is 6.88. The Morgan fingerprint density at radius 2 is 1.48 bits per heavy atom. The van der Waals surface area contributed by atoms with Crippen LogP contribution in [0.2, 0.25) is 0 Å². The lowest BCUT2D eigenvalue weighted by Crippen LogP contribution is -2.36. The smallest absolute Gasteiger partial charge is 0.0230 e. The molecule has 0 radical (unpaired) electrons. The fraction of sp³-hybridized carbons (Fsp3) is 0.368. The maximum absolute atomic E-state index is 5.81. The van der Waals surface area contributed by atoms with Crippen molar-refractivity contribution in [2.75, 3.05) is 20.1 Å². The molecule has 0 aliphatic carbocycles. The van der Waals surface area contributed by atoms with E-state index < -0.39 is 0 Å². The van der Waals surface area contributed by atoms with Gasteiger partial charge in [0.2, 0.25) is 0 Å². The van der Waals surface area contributed by atoms with E-state index in [1.165, 1.54) is 16.7 Å². The molecule has 0 aliphatic heterocycles. The van der Waals surface area contributed by atoms with Gasteiger partial charge in [0.25, 0.3) is 0 Å². The second-order valence-corrected chi connectivity index (χ2v) is 6.60. The van der Waals surface area contributed by atoms with Crippen molar-refractivity contribution in [2.24, 2.45) is 11.1 Å². The van der Waals surface area contributed by atoms with Crippen molar-refractivity contribution in [1.29, 1.82) is 0 Å². The van der Waals surface area contributed by atoms with Crippen molar-refractivity contribution in [3.8, 4) is 11.1 Å². The molecule has 0 spiro atoms. The number of hydrogen-bond acceptors (Lipinski definition) is 2. The highest BCUT2D eigenvalue weighted by atomic mass is 15.1. The molecule has 2 rings (SSSR count). The van der Waals surface area contributed by atoms with Crippen molar-refractivity contribution < 1.29 is 0 Å². The van der Waals surface area contributed by atoms with Gasteiger partial charge < -0.3 is 10.6 Å². The molecular formula is C19H26N2. The molecule has 0 saturated heterocycles. The van der Waals surface area contributed by atoms with Gasteiger partial charge in [0.1, 0.15) is 0 Å². The largest absolute Gasteiger partial charge is 0.330 e. The van der Waals surface area contributed by atoms with Crippen LogP contribution in [0.15, 0.2) is 54.6 Å². The summed E-state index contributed by atoms with van der Waals surface area (Å²) in [5.74, 6) is 0. The van der Waals surface area contributed by atoms with E-state index in [0.717, 1.165) is 13.1 Å². The van der Waals surface area contributed by atoms with Gasteiger partial charge in [-0.1, -0.05) is 68.4 Å². The Morgan fingerprint density at radius 3 is 2.05 bits per heavy atom. The predicted octanol–water partition coefficient (Wildman–Crippen LogP) is 3.77. The number of rotatable bonds is 6. The minimum atomic E-state index is 0.165. The van der Waals surface area contributed by atoms with E-state index in [0.29, 0.717) is 6.54 Å². The summed E-state index contributed by atoms with van der Waals surface area (Å²) in [4.78, 5) is 2.34. The molecule has 112 valence electrons. The fourth-order valence-electron chi connectivity index (χ4n) is 2.60. The van der Waals surface area contributed by atoms with E-state index in [9.17, 15) is 0 Å². The Morgan fingerprint density at radius 1 is 0.905 bits per heavy atom. The fourth-order valence-corrected chi connectivity index (χ4v) is 2.60. The summed E-state index contributed by atoms with van der Waals surface area (Å²) >= 11 is 0. The summed E-state index contributed by atoms with van der Waals surface area (Å²) in [5, 5.41) is 0. The van der Waals surface area contributed by atoms with Crippen LogP contribution < -0.4 is 5.73 Å². The summed E-state index contributed by atoms with van der Waals surface area (Å²) in [6.07, 6.45) is 0. The third-order valence-electron chi connectivity index (χ3n) is 3.76. The molecule has 0 bridgehead atoms. The molecule has 0 amide bonds. The van der Waals surface area contributed by atoms with Gasteiger partial charge in [0.05, 0.1) is 0 Å². The van der Waals surface area contributed by atoms with Gasteiger partial charge in [-0.2, -0.15) is 0 Å². The Balaban J connectivity index is 2.00. The van der Waals surface area contributed by atoms with Gasteiger partial charge in [-0.3, -0.25) is 0 Å². The highest BCUT2D eigenvalue weighted by Crippen LogP contribution is 2.20. The lowest BCUT2D eigenvalue weighted by atomic mass is 9.93. The Hall–Kier alpha value is -1.64. The molecule has 2 aromatic carbocycles. The van der Waals surface area contributed by atoms with E-state index in [1.54, 1.807) is 0 Å². The zero-order valence-corrected chi connectivity index (χ0v) is 13.3. The second-order valence-electron chi connectivity index (χ2n) is 6.60. The summed E-state index contributed by atoms with van der Waals surface area (Å²) in [6.45, 7) is 7.09. The van der Waals surface area contributed by atoms with Crippen LogP contribution in [0, 0.1) is 5.41 Å². The first-order valence-corrected chi connectivity index (χ1v) is 7.53. The van der Waals surface area contributed by atoms with Gasteiger partial charge in [-0.15, -0.1) is 0 Å². The van der Waals surface area contributed by atoms with Crippen LogP contribution in [0.1, 0.15) is 19.4 Å². The molecule has 0 aromatic heterocycles. The highest BCUT2D eigenvalue weighted by molar-refractivity contribution is 5.63. The maximum Gasteiger partial charge on any atom is 0.0230 e. The molecule has 21 heavy (non-hydrogen) atoms. The van der Waals surface area contributed by atoms with Crippen LogP contribution in [0.4, 0.5) is 0 Å². The third kappa shape index (κ3) is 4.69. The quantitative estimate of drug-likeness (QED) is 0.874. The first-order valence-electron chi connectivity index (χ1n) is 7.53. The van der Waals surface area contributed by atoms with Crippen LogP contribution in [-0.4, -0.2) is 25.0 Å². The van der Waals surface area contributed by atoms with Gasteiger partial charge in [0, 0.05) is 13.1 Å². The summed E-state index contributed by atoms with van der Waals surface area (Å²) in [6, 6.07) is 19.3. The molecular weight excluding hydrogens is 256 g/mol. The predicted molar refractivity (Wildman–Crippen MR) is 91.0 cm³/mol. The van der Waals surface area contributed by atoms with Crippen molar-refractivity contribution in [1.82, 2.24) is 4.90 Å². The third-order valence-corrected chi connectivity index (χ3v) is 3.76. The first-order chi connectivity index (χ1) is 10.00. The first kappa shape index (κ1) is 15.7. The summed E-state index contributed by atoms with van der Waals surface area (Å²) < 4.78 is 0. The van der Waals surface area contributed by atoms with Crippen LogP contribution >= 0.6 is 0 Å². The van der Waals surface area contributed by atoms with Crippen LogP contribution in [0.5, 0.6) is 0 Å². The zero-order valence-electron chi connectivity index (χ0n) is 13.3. The van der Waals surface area contributed by atoms with Crippen molar-refractivity contribution >= 4 is 0 Å². The number of benzene rings is 2. The molecule has 0 unspecified atom stereocenters. The average molecular weight is 282 g/mol. The molecule has 0 saturated carbocycles. The van der Waals surface area contributed by atoms with E-state index in [-0.39, 0.29) is 5.41 Å². The highest BCUT2D eigenvalue weighted by Gasteiger charge is 2.17. The molecule has 0 heterocycles. The van der Waals surface area contributed by atoms with Crippen LogP contribution in [0.3, 0.4) is 0 Å². The van der Waals surface area contributed by atoms with Gasteiger partial charge in [-0.05, 0) is 35.7 Å². The molecule has 0 aliphatic rings. The number of nitrogens with zero attached hydrogens (tertiary/aromatic N) is 1. The van der Waals surface area contributed by atoms with Crippen LogP contribution in [-0.2, 0) is 6.54 Å². The lowest BCUT2D eigenvalue weighted by Gasteiger charge is -2.29. The summed E-state index contributed by atoms with van der Waals surface area (Å²) in [5.41, 5.74) is 9.84. The Kier molecular flexibility index (Phi) is 5.16.